The standard InChI is InChI=1S/C25H32FN3O3S/c1-18-5-13-22(14-6-18)29(33(31,32)23-15-9-20(26)10-16-23)17-24(30)28-27-21-11-7-19(8-12-21)25(2,3)4/h5-6,9-10,13-16,19H,7-8,11-12,17H2,1-4H3,(H,28,30). The fraction of sp³-hybridized carbons (Fsp3) is 0.440. The molecule has 0 radical (unpaired) electrons. The molecular weight excluding hydrogens is 441 g/mol. The van der Waals surface area contributed by atoms with Gasteiger partial charge in [0.15, 0.2) is 0 Å². The highest BCUT2D eigenvalue weighted by atomic mass is 32.2. The zero-order valence-electron chi connectivity index (χ0n) is 19.6. The molecule has 8 heteroatoms. The molecule has 3 rings (SSSR count). The first-order valence-corrected chi connectivity index (χ1v) is 12.6. The Morgan fingerprint density at radius 2 is 1.64 bits per heavy atom. The lowest BCUT2D eigenvalue weighted by molar-refractivity contribution is -0.119. The van der Waals surface area contributed by atoms with Crippen LogP contribution in [0.3, 0.4) is 0 Å². The van der Waals surface area contributed by atoms with Gasteiger partial charge in [0, 0.05) is 5.71 Å². The van der Waals surface area contributed by atoms with Gasteiger partial charge in [0.2, 0.25) is 0 Å². The third-order valence-corrected chi connectivity index (χ3v) is 7.93. The minimum atomic E-state index is -4.09. The van der Waals surface area contributed by atoms with Crippen LogP contribution in [0.15, 0.2) is 58.5 Å². The molecule has 6 nitrogen and oxygen atoms in total. The molecule has 0 atom stereocenters. The largest absolute Gasteiger partial charge is 0.271 e. The minimum Gasteiger partial charge on any atom is -0.271 e. The Labute approximate surface area is 195 Å². The Morgan fingerprint density at radius 1 is 1.06 bits per heavy atom. The van der Waals surface area contributed by atoms with Crippen molar-refractivity contribution in [2.24, 2.45) is 16.4 Å². The van der Waals surface area contributed by atoms with E-state index in [2.05, 4.69) is 31.3 Å². The van der Waals surface area contributed by atoms with E-state index in [0.717, 1.165) is 53.4 Å². The van der Waals surface area contributed by atoms with Crippen molar-refractivity contribution >= 4 is 27.3 Å². The Hall–Kier alpha value is -2.74. The lowest BCUT2D eigenvalue weighted by Crippen LogP contribution is -2.40. The normalized spacial score (nSPS) is 16.9. The Morgan fingerprint density at radius 3 is 2.18 bits per heavy atom. The van der Waals surface area contributed by atoms with Gasteiger partial charge >= 0.3 is 0 Å². The Bertz CT molecular complexity index is 1100. The van der Waals surface area contributed by atoms with E-state index in [1.807, 2.05) is 6.92 Å². The second-order valence-electron chi connectivity index (χ2n) is 9.65. The molecule has 1 amide bonds. The van der Waals surface area contributed by atoms with Gasteiger partial charge < -0.3 is 0 Å². The van der Waals surface area contributed by atoms with Crippen molar-refractivity contribution in [3.63, 3.8) is 0 Å². The zero-order chi connectivity index (χ0) is 24.2. The van der Waals surface area contributed by atoms with Crippen LogP contribution in [-0.4, -0.2) is 26.6 Å². The number of amides is 1. The maximum atomic E-state index is 13.3. The summed E-state index contributed by atoms with van der Waals surface area (Å²) in [4.78, 5) is 12.6. The SMILES string of the molecule is Cc1ccc(N(CC(=O)NN=C2CCC(C(C)(C)C)CC2)S(=O)(=O)c2ccc(F)cc2)cc1. The van der Waals surface area contributed by atoms with E-state index in [-0.39, 0.29) is 10.3 Å². The summed E-state index contributed by atoms with van der Waals surface area (Å²) in [6.45, 7) is 8.17. The van der Waals surface area contributed by atoms with Gasteiger partial charge in [-0.2, -0.15) is 5.10 Å². The molecule has 0 heterocycles. The second kappa shape index (κ2) is 10.0. The molecule has 2 aromatic carbocycles. The number of carbonyl (C=O) groups excluding carboxylic acids is 1. The number of sulfonamides is 1. The van der Waals surface area contributed by atoms with Crippen molar-refractivity contribution < 1.29 is 17.6 Å². The number of hydrazone groups is 1. The summed E-state index contributed by atoms with van der Waals surface area (Å²) in [7, 11) is -4.09. The second-order valence-corrected chi connectivity index (χ2v) is 11.5. The van der Waals surface area contributed by atoms with Crippen molar-refractivity contribution in [1.82, 2.24) is 5.43 Å². The number of nitrogens with one attached hydrogen (secondary N) is 1. The van der Waals surface area contributed by atoms with E-state index in [0.29, 0.717) is 11.6 Å². The van der Waals surface area contributed by atoms with Crippen LogP contribution < -0.4 is 9.73 Å². The maximum absolute atomic E-state index is 13.3. The van der Waals surface area contributed by atoms with Gasteiger partial charge in [0.05, 0.1) is 10.6 Å². The quantitative estimate of drug-likeness (QED) is 0.597. The number of rotatable bonds is 6. The van der Waals surface area contributed by atoms with Crippen molar-refractivity contribution in [2.45, 2.75) is 58.3 Å². The number of hydrogen-bond donors (Lipinski definition) is 1. The third-order valence-electron chi connectivity index (χ3n) is 6.14. The van der Waals surface area contributed by atoms with Crippen molar-refractivity contribution in [3.05, 3.63) is 59.9 Å². The number of carbonyl (C=O) groups is 1. The molecule has 0 saturated heterocycles. The highest BCUT2D eigenvalue weighted by molar-refractivity contribution is 7.92. The monoisotopic (exact) mass is 473 g/mol. The molecule has 0 bridgehead atoms. The first-order chi connectivity index (χ1) is 15.5. The van der Waals surface area contributed by atoms with Crippen molar-refractivity contribution in [2.75, 3.05) is 10.8 Å². The summed E-state index contributed by atoms with van der Waals surface area (Å²) in [6, 6.07) is 11.4. The van der Waals surface area contributed by atoms with Crippen LogP contribution in [0.25, 0.3) is 0 Å². The Balaban J connectivity index is 1.76. The fourth-order valence-corrected chi connectivity index (χ4v) is 5.42. The third kappa shape index (κ3) is 6.41. The van der Waals surface area contributed by atoms with Gasteiger partial charge in [0.25, 0.3) is 15.9 Å². The van der Waals surface area contributed by atoms with Crippen LogP contribution >= 0.6 is 0 Å². The topological polar surface area (TPSA) is 78.8 Å². The molecule has 0 unspecified atom stereocenters. The van der Waals surface area contributed by atoms with E-state index >= 15 is 0 Å². The molecular formula is C25H32FN3O3S. The average Bonchev–Trinajstić information content (AvgIpc) is 2.77. The van der Waals surface area contributed by atoms with Crippen LogP contribution in [0.5, 0.6) is 0 Å². The molecule has 0 spiro atoms. The molecule has 1 aliphatic rings. The lowest BCUT2D eigenvalue weighted by atomic mass is 9.72. The number of nitrogens with zero attached hydrogens (tertiary/aromatic N) is 2. The smallest absolute Gasteiger partial charge is 0.264 e. The first-order valence-electron chi connectivity index (χ1n) is 11.2. The highest BCUT2D eigenvalue weighted by Crippen LogP contribution is 2.36. The van der Waals surface area contributed by atoms with E-state index in [1.165, 1.54) is 12.1 Å². The molecule has 0 aromatic heterocycles. The molecule has 1 fully saturated rings. The van der Waals surface area contributed by atoms with Gasteiger partial charge in [-0.3, -0.25) is 9.10 Å². The van der Waals surface area contributed by atoms with E-state index in [1.54, 1.807) is 24.3 Å². The molecule has 0 aliphatic heterocycles. The van der Waals surface area contributed by atoms with Crippen LogP contribution in [-0.2, 0) is 14.8 Å². The van der Waals surface area contributed by atoms with Crippen molar-refractivity contribution in [1.29, 1.82) is 0 Å². The van der Waals surface area contributed by atoms with Gasteiger partial charge in [-0.15, -0.1) is 0 Å². The molecule has 178 valence electrons. The number of aryl methyl sites for hydroxylation is 1. The van der Waals surface area contributed by atoms with E-state index in [9.17, 15) is 17.6 Å². The zero-order valence-corrected chi connectivity index (χ0v) is 20.5. The fourth-order valence-electron chi connectivity index (χ4n) is 4.00. The summed E-state index contributed by atoms with van der Waals surface area (Å²) in [5.74, 6) is -0.456. The van der Waals surface area contributed by atoms with Crippen LogP contribution in [0, 0.1) is 24.1 Å². The van der Waals surface area contributed by atoms with Crippen molar-refractivity contribution in [3.8, 4) is 0 Å². The van der Waals surface area contributed by atoms with Crippen LogP contribution in [0.4, 0.5) is 10.1 Å². The summed E-state index contributed by atoms with van der Waals surface area (Å²) < 4.78 is 40.9. The summed E-state index contributed by atoms with van der Waals surface area (Å²) in [5.41, 5.74) is 5.01. The summed E-state index contributed by atoms with van der Waals surface area (Å²) in [5, 5.41) is 4.27. The predicted octanol–water partition coefficient (Wildman–Crippen LogP) is 5.04. The van der Waals surface area contributed by atoms with E-state index < -0.39 is 28.3 Å². The summed E-state index contributed by atoms with van der Waals surface area (Å²) in [6.07, 6.45) is 3.68. The van der Waals surface area contributed by atoms with Crippen LogP contribution in [0.2, 0.25) is 0 Å². The number of halogens is 1. The number of benzene rings is 2. The number of anilines is 1. The van der Waals surface area contributed by atoms with Crippen LogP contribution in [0.1, 0.15) is 52.0 Å². The van der Waals surface area contributed by atoms with Gasteiger partial charge in [-0.1, -0.05) is 38.5 Å². The first kappa shape index (κ1) is 24.9. The predicted molar refractivity (Wildman–Crippen MR) is 129 cm³/mol. The lowest BCUT2D eigenvalue weighted by Gasteiger charge is -2.34. The van der Waals surface area contributed by atoms with Gasteiger partial charge in [0.1, 0.15) is 12.4 Å². The molecule has 1 aliphatic carbocycles. The summed E-state index contributed by atoms with van der Waals surface area (Å²) >= 11 is 0. The van der Waals surface area contributed by atoms with Gasteiger partial charge in [-0.25, -0.2) is 18.2 Å². The molecule has 2 aromatic rings. The van der Waals surface area contributed by atoms with E-state index in [4.69, 9.17) is 0 Å². The molecule has 1 saturated carbocycles. The number of hydrogen-bond acceptors (Lipinski definition) is 4. The van der Waals surface area contributed by atoms with Gasteiger partial charge in [-0.05, 0) is 80.3 Å². The average molecular weight is 474 g/mol. The Kier molecular flexibility index (Phi) is 7.57. The minimum absolute atomic E-state index is 0.0934. The highest BCUT2D eigenvalue weighted by Gasteiger charge is 2.29. The molecule has 33 heavy (non-hydrogen) atoms. The maximum Gasteiger partial charge on any atom is 0.264 e. The molecule has 1 N–H and O–H groups in total.